The summed E-state index contributed by atoms with van der Waals surface area (Å²) in [7, 11) is -3.52. The number of aromatic nitrogens is 1. The molecule has 0 atom stereocenters. The molecule has 9 heteroatoms. The van der Waals surface area contributed by atoms with E-state index in [-0.39, 0.29) is 36.3 Å². The lowest BCUT2D eigenvalue weighted by Gasteiger charge is -2.33. The molecule has 1 aromatic carbocycles. The Labute approximate surface area is 152 Å². The Hall–Kier alpha value is -2.16. The number of rotatable bonds is 3. The van der Waals surface area contributed by atoms with E-state index < -0.39 is 10.0 Å². The van der Waals surface area contributed by atoms with Gasteiger partial charge in [0.2, 0.25) is 10.0 Å². The predicted octanol–water partition coefficient (Wildman–Crippen LogP) is 1.23. The molecular formula is C16H19ClN4O3S. The van der Waals surface area contributed by atoms with E-state index >= 15 is 0 Å². The third-order valence-corrected chi connectivity index (χ3v) is 5.83. The highest BCUT2D eigenvalue weighted by atomic mass is 35.5. The van der Waals surface area contributed by atoms with E-state index in [2.05, 4.69) is 4.98 Å². The van der Waals surface area contributed by atoms with Gasteiger partial charge in [-0.15, -0.1) is 12.4 Å². The molecule has 0 radical (unpaired) electrons. The fourth-order valence-corrected chi connectivity index (χ4v) is 4.01. The molecule has 1 amide bonds. The number of halogens is 1. The fraction of sp³-hybridized carbons (Fsp3) is 0.250. The van der Waals surface area contributed by atoms with Gasteiger partial charge in [-0.25, -0.2) is 13.4 Å². The highest BCUT2D eigenvalue weighted by Gasteiger charge is 2.30. The number of carbonyl (C=O) groups excluding carboxylic acids is 1. The van der Waals surface area contributed by atoms with E-state index in [9.17, 15) is 13.2 Å². The van der Waals surface area contributed by atoms with Gasteiger partial charge in [0.05, 0.1) is 16.8 Å². The molecule has 7 nitrogen and oxygen atoms in total. The average molecular weight is 383 g/mol. The Morgan fingerprint density at radius 1 is 1.00 bits per heavy atom. The van der Waals surface area contributed by atoms with Gasteiger partial charge >= 0.3 is 0 Å². The number of nitrogen functional groups attached to an aromatic ring is 1. The van der Waals surface area contributed by atoms with E-state index in [1.807, 2.05) is 0 Å². The Balaban J connectivity index is 0.00000225. The molecule has 0 unspecified atom stereocenters. The fourth-order valence-electron chi connectivity index (χ4n) is 2.57. The quantitative estimate of drug-likeness (QED) is 0.861. The first-order valence-corrected chi connectivity index (χ1v) is 8.98. The summed E-state index contributed by atoms with van der Waals surface area (Å²) >= 11 is 0. The van der Waals surface area contributed by atoms with Crippen LogP contribution < -0.4 is 5.73 Å². The monoisotopic (exact) mass is 382 g/mol. The minimum absolute atomic E-state index is 0. The molecule has 0 bridgehead atoms. The second-order valence-corrected chi connectivity index (χ2v) is 7.42. The Morgan fingerprint density at radius 2 is 1.64 bits per heavy atom. The first kappa shape index (κ1) is 19.2. The molecule has 1 saturated heterocycles. The summed E-state index contributed by atoms with van der Waals surface area (Å²) < 4.78 is 26.5. The van der Waals surface area contributed by atoms with Crippen LogP contribution in [0.1, 0.15) is 10.5 Å². The maximum absolute atomic E-state index is 12.6. The van der Waals surface area contributed by atoms with Crippen molar-refractivity contribution in [1.29, 1.82) is 0 Å². The SMILES string of the molecule is Cl.Nc1ccc(C(=O)N2CCN(S(=O)(=O)c3ccccc3)CC2)nc1. The first-order chi connectivity index (χ1) is 11.5. The summed E-state index contributed by atoms with van der Waals surface area (Å²) in [6.45, 7) is 1.18. The zero-order valence-corrected chi connectivity index (χ0v) is 15.0. The number of nitrogens with two attached hydrogens (primary N) is 1. The van der Waals surface area contributed by atoms with Gasteiger partial charge in [-0.3, -0.25) is 4.79 Å². The number of pyridine rings is 1. The highest BCUT2D eigenvalue weighted by molar-refractivity contribution is 7.89. The van der Waals surface area contributed by atoms with Crippen molar-refractivity contribution in [2.45, 2.75) is 4.90 Å². The minimum atomic E-state index is -3.52. The third-order valence-electron chi connectivity index (χ3n) is 3.91. The maximum Gasteiger partial charge on any atom is 0.272 e. The van der Waals surface area contributed by atoms with Crippen LogP contribution in [0.15, 0.2) is 53.6 Å². The molecule has 2 heterocycles. The number of anilines is 1. The lowest BCUT2D eigenvalue weighted by Crippen LogP contribution is -2.50. The molecular weight excluding hydrogens is 364 g/mol. The standard InChI is InChI=1S/C16H18N4O3S.ClH/c17-13-6-7-15(18-12-13)16(21)19-8-10-20(11-9-19)24(22,23)14-4-2-1-3-5-14;/h1-7,12H,8-11,17H2;1H. The van der Waals surface area contributed by atoms with Crippen molar-refractivity contribution < 1.29 is 13.2 Å². The lowest BCUT2D eigenvalue weighted by molar-refractivity contribution is 0.0692. The van der Waals surface area contributed by atoms with Crippen molar-refractivity contribution in [2.24, 2.45) is 0 Å². The maximum atomic E-state index is 12.6. The van der Waals surface area contributed by atoms with Crippen molar-refractivity contribution >= 4 is 34.0 Å². The molecule has 0 saturated carbocycles. The van der Waals surface area contributed by atoms with Crippen LogP contribution in [0.4, 0.5) is 5.69 Å². The van der Waals surface area contributed by atoms with Crippen LogP contribution in [0.2, 0.25) is 0 Å². The molecule has 1 aliphatic rings. The third kappa shape index (κ3) is 4.09. The topological polar surface area (TPSA) is 96.6 Å². The van der Waals surface area contributed by atoms with Gasteiger partial charge in [-0.2, -0.15) is 4.31 Å². The van der Waals surface area contributed by atoms with Crippen LogP contribution in [-0.4, -0.2) is 54.7 Å². The van der Waals surface area contributed by atoms with Crippen LogP contribution in [0.3, 0.4) is 0 Å². The molecule has 2 aromatic rings. The summed E-state index contributed by atoms with van der Waals surface area (Å²) in [6, 6.07) is 11.5. The Morgan fingerprint density at radius 3 is 2.20 bits per heavy atom. The summed E-state index contributed by atoms with van der Waals surface area (Å²) in [4.78, 5) is 18.3. The number of hydrogen-bond acceptors (Lipinski definition) is 5. The Bertz CT molecular complexity index is 820. The molecule has 1 fully saturated rings. The summed E-state index contributed by atoms with van der Waals surface area (Å²) in [5.74, 6) is -0.216. The predicted molar refractivity (Wildman–Crippen MR) is 97.0 cm³/mol. The second-order valence-electron chi connectivity index (χ2n) is 5.49. The van der Waals surface area contributed by atoms with Crippen LogP contribution >= 0.6 is 12.4 Å². The largest absolute Gasteiger partial charge is 0.397 e. The number of piperazine rings is 1. The van der Waals surface area contributed by atoms with Crippen LogP contribution in [-0.2, 0) is 10.0 Å². The first-order valence-electron chi connectivity index (χ1n) is 7.54. The van der Waals surface area contributed by atoms with E-state index in [0.29, 0.717) is 24.5 Å². The summed E-state index contributed by atoms with van der Waals surface area (Å²) in [5, 5.41) is 0. The normalized spacial score (nSPS) is 15.4. The molecule has 3 rings (SSSR count). The smallest absolute Gasteiger partial charge is 0.272 e. The van der Waals surface area contributed by atoms with Crippen LogP contribution in [0.25, 0.3) is 0 Å². The van der Waals surface area contributed by atoms with Crippen molar-refractivity contribution in [3.63, 3.8) is 0 Å². The molecule has 2 N–H and O–H groups in total. The minimum Gasteiger partial charge on any atom is -0.397 e. The number of benzene rings is 1. The van der Waals surface area contributed by atoms with Gasteiger partial charge in [0, 0.05) is 26.2 Å². The van der Waals surface area contributed by atoms with Crippen LogP contribution in [0, 0.1) is 0 Å². The van der Waals surface area contributed by atoms with E-state index in [0.717, 1.165) is 0 Å². The molecule has 1 aromatic heterocycles. The Kier molecular flexibility index (Phi) is 5.99. The van der Waals surface area contributed by atoms with Gasteiger partial charge < -0.3 is 10.6 Å². The van der Waals surface area contributed by atoms with Crippen molar-refractivity contribution in [3.05, 3.63) is 54.4 Å². The average Bonchev–Trinajstić information content (AvgIpc) is 2.62. The van der Waals surface area contributed by atoms with E-state index in [1.54, 1.807) is 47.4 Å². The van der Waals surface area contributed by atoms with Crippen LogP contribution in [0.5, 0.6) is 0 Å². The number of hydrogen-bond donors (Lipinski definition) is 1. The second kappa shape index (κ2) is 7.81. The van der Waals surface area contributed by atoms with Gasteiger partial charge in [0.15, 0.2) is 0 Å². The van der Waals surface area contributed by atoms with E-state index in [1.165, 1.54) is 10.5 Å². The van der Waals surface area contributed by atoms with Gasteiger partial charge in [0.25, 0.3) is 5.91 Å². The summed E-state index contributed by atoms with van der Waals surface area (Å²) in [6.07, 6.45) is 1.43. The van der Waals surface area contributed by atoms with Gasteiger partial charge in [0.1, 0.15) is 5.69 Å². The van der Waals surface area contributed by atoms with Crippen molar-refractivity contribution in [1.82, 2.24) is 14.2 Å². The highest BCUT2D eigenvalue weighted by Crippen LogP contribution is 2.18. The number of nitrogens with zero attached hydrogens (tertiary/aromatic N) is 3. The number of carbonyl (C=O) groups is 1. The molecule has 0 spiro atoms. The van der Waals surface area contributed by atoms with Crippen molar-refractivity contribution in [3.8, 4) is 0 Å². The van der Waals surface area contributed by atoms with Gasteiger partial charge in [-0.05, 0) is 24.3 Å². The number of amides is 1. The molecule has 0 aliphatic carbocycles. The zero-order chi connectivity index (χ0) is 17.2. The van der Waals surface area contributed by atoms with Crippen molar-refractivity contribution in [2.75, 3.05) is 31.9 Å². The summed E-state index contributed by atoms with van der Waals surface area (Å²) in [5.41, 5.74) is 6.37. The molecule has 1 aliphatic heterocycles. The molecule has 134 valence electrons. The lowest BCUT2D eigenvalue weighted by atomic mass is 10.2. The number of sulfonamides is 1. The van der Waals surface area contributed by atoms with Gasteiger partial charge in [-0.1, -0.05) is 18.2 Å². The zero-order valence-electron chi connectivity index (χ0n) is 13.4. The molecule has 25 heavy (non-hydrogen) atoms. The van der Waals surface area contributed by atoms with E-state index in [4.69, 9.17) is 5.73 Å².